The van der Waals surface area contributed by atoms with E-state index in [0.717, 1.165) is 24.2 Å². The first-order valence-corrected chi connectivity index (χ1v) is 9.81. The van der Waals surface area contributed by atoms with Crippen LogP contribution in [0.2, 0.25) is 0 Å². The van der Waals surface area contributed by atoms with Crippen molar-refractivity contribution in [2.75, 3.05) is 26.2 Å². The van der Waals surface area contributed by atoms with Crippen LogP contribution in [-0.2, 0) is 11.3 Å². The molecular formula is C23H24N4O2. The summed E-state index contributed by atoms with van der Waals surface area (Å²) >= 11 is 0. The minimum Gasteiger partial charge on any atom is -0.338 e. The molecule has 1 aliphatic rings. The maximum absolute atomic E-state index is 12.4. The quantitative estimate of drug-likeness (QED) is 0.627. The normalized spacial score (nSPS) is 15.1. The van der Waals surface area contributed by atoms with E-state index in [-0.39, 0.29) is 5.91 Å². The van der Waals surface area contributed by atoms with Crippen molar-refractivity contribution in [3.8, 4) is 11.4 Å². The largest absolute Gasteiger partial charge is 0.338 e. The molecule has 0 atom stereocenters. The number of piperazine rings is 1. The molecule has 0 N–H and O–H groups in total. The summed E-state index contributed by atoms with van der Waals surface area (Å²) in [5.41, 5.74) is 3.18. The van der Waals surface area contributed by atoms with Gasteiger partial charge < -0.3 is 9.42 Å². The van der Waals surface area contributed by atoms with E-state index in [9.17, 15) is 4.79 Å². The van der Waals surface area contributed by atoms with Gasteiger partial charge >= 0.3 is 0 Å². The van der Waals surface area contributed by atoms with Gasteiger partial charge in [-0.25, -0.2) is 0 Å². The molecule has 148 valence electrons. The average Bonchev–Trinajstić information content (AvgIpc) is 3.22. The maximum Gasteiger partial charge on any atom is 0.246 e. The number of hydrogen-bond donors (Lipinski definition) is 0. The number of benzene rings is 2. The zero-order chi connectivity index (χ0) is 20.1. The summed E-state index contributed by atoms with van der Waals surface area (Å²) in [6.45, 7) is 5.60. The monoisotopic (exact) mass is 388 g/mol. The highest BCUT2D eigenvalue weighted by molar-refractivity contribution is 5.91. The van der Waals surface area contributed by atoms with Crippen molar-refractivity contribution in [2.45, 2.75) is 13.5 Å². The third-order valence-electron chi connectivity index (χ3n) is 5.04. The molecule has 0 saturated carbocycles. The number of amides is 1. The summed E-state index contributed by atoms with van der Waals surface area (Å²) in [4.78, 5) is 21.0. The van der Waals surface area contributed by atoms with Gasteiger partial charge in [-0.15, -0.1) is 0 Å². The Labute approximate surface area is 170 Å². The van der Waals surface area contributed by atoms with E-state index >= 15 is 0 Å². The summed E-state index contributed by atoms with van der Waals surface area (Å²) in [5.74, 6) is 1.26. The molecule has 6 heteroatoms. The van der Waals surface area contributed by atoms with Gasteiger partial charge in [0, 0.05) is 37.8 Å². The summed E-state index contributed by atoms with van der Waals surface area (Å²) in [7, 11) is 0. The third-order valence-corrected chi connectivity index (χ3v) is 5.04. The van der Waals surface area contributed by atoms with Crippen molar-refractivity contribution >= 4 is 12.0 Å². The van der Waals surface area contributed by atoms with Gasteiger partial charge in [-0.2, -0.15) is 4.98 Å². The minimum absolute atomic E-state index is 0.0490. The molecular weight excluding hydrogens is 364 g/mol. The topological polar surface area (TPSA) is 62.5 Å². The second-order valence-electron chi connectivity index (χ2n) is 7.22. The molecule has 1 aliphatic heterocycles. The van der Waals surface area contributed by atoms with Crippen molar-refractivity contribution in [2.24, 2.45) is 0 Å². The highest BCUT2D eigenvalue weighted by Crippen LogP contribution is 2.17. The van der Waals surface area contributed by atoms with Crippen LogP contribution in [-0.4, -0.2) is 52.0 Å². The first kappa shape index (κ1) is 19.1. The Balaban J connectivity index is 1.28. The molecule has 6 nitrogen and oxygen atoms in total. The molecule has 29 heavy (non-hydrogen) atoms. The molecule has 3 aromatic rings. The van der Waals surface area contributed by atoms with Crippen LogP contribution >= 0.6 is 0 Å². The molecule has 0 aliphatic carbocycles. The lowest BCUT2D eigenvalue weighted by atomic mass is 10.1. The average molecular weight is 388 g/mol. The number of hydrogen-bond acceptors (Lipinski definition) is 5. The molecule has 4 rings (SSSR count). The van der Waals surface area contributed by atoms with Crippen LogP contribution in [0, 0.1) is 6.92 Å². The van der Waals surface area contributed by atoms with Crippen LogP contribution in [0.1, 0.15) is 17.0 Å². The Hall–Kier alpha value is -3.25. The van der Waals surface area contributed by atoms with Gasteiger partial charge in [0.25, 0.3) is 0 Å². The van der Waals surface area contributed by atoms with Gasteiger partial charge in [0.1, 0.15) is 0 Å². The zero-order valence-electron chi connectivity index (χ0n) is 16.5. The fourth-order valence-corrected chi connectivity index (χ4v) is 3.29. The molecule has 0 radical (unpaired) electrons. The lowest BCUT2D eigenvalue weighted by Crippen LogP contribution is -2.47. The van der Waals surface area contributed by atoms with Crippen molar-refractivity contribution in [1.29, 1.82) is 0 Å². The second-order valence-corrected chi connectivity index (χ2v) is 7.22. The van der Waals surface area contributed by atoms with Gasteiger partial charge in [0.2, 0.25) is 17.6 Å². The summed E-state index contributed by atoms with van der Waals surface area (Å²) < 4.78 is 5.42. The molecule has 0 bridgehead atoms. The Morgan fingerprint density at radius 1 is 1.03 bits per heavy atom. The van der Waals surface area contributed by atoms with Crippen molar-refractivity contribution in [1.82, 2.24) is 19.9 Å². The summed E-state index contributed by atoms with van der Waals surface area (Å²) in [5, 5.41) is 4.09. The Bertz CT molecular complexity index is 972. The maximum atomic E-state index is 12.4. The fraction of sp³-hybridized carbons (Fsp3) is 0.261. The van der Waals surface area contributed by atoms with Gasteiger partial charge in [-0.1, -0.05) is 65.3 Å². The van der Waals surface area contributed by atoms with Crippen LogP contribution in [0.3, 0.4) is 0 Å². The Morgan fingerprint density at radius 2 is 1.76 bits per heavy atom. The minimum atomic E-state index is 0.0490. The summed E-state index contributed by atoms with van der Waals surface area (Å²) in [6, 6.07) is 17.9. The Morgan fingerprint density at radius 3 is 2.48 bits per heavy atom. The van der Waals surface area contributed by atoms with Crippen LogP contribution < -0.4 is 0 Å². The van der Waals surface area contributed by atoms with E-state index in [1.165, 1.54) is 5.56 Å². The lowest BCUT2D eigenvalue weighted by molar-refractivity contribution is -0.127. The number of rotatable bonds is 5. The van der Waals surface area contributed by atoms with Crippen LogP contribution in [0.5, 0.6) is 0 Å². The number of carbonyl (C=O) groups is 1. The second kappa shape index (κ2) is 8.84. The highest BCUT2D eigenvalue weighted by Gasteiger charge is 2.21. The molecule has 1 saturated heterocycles. The lowest BCUT2D eigenvalue weighted by Gasteiger charge is -2.33. The van der Waals surface area contributed by atoms with Crippen molar-refractivity contribution in [3.63, 3.8) is 0 Å². The van der Waals surface area contributed by atoms with Gasteiger partial charge in [-0.3, -0.25) is 9.69 Å². The molecule has 0 spiro atoms. The van der Waals surface area contributed by atoms with E-state index in [2.05, 4.69) is 15.0 Å². The molecule has 0 unspecified atom stereocenters. The molecule has 1 amide bonds. The van der Waals surface area contributed by atoms with Gasteiger partial charge in [0.15, 0.2) is 0 Å². The smallest absolute Gasteiger partial charge is 0.246 e. The van der Waals surface area contributed by atoms with Crippen LogP contribution in [0.15, 0.2) is 65.2 Å². The van der Waals surface area contributed by atoms with Gasteiger partial charge in [-0.05, 0) is 18.6 Å². The van der Waals surface area contributed by atoms with E-state index in [1.54, 1.807) is 6.08 Å². The number of aryl methyl sites for hydroxylation is 1. The predicted octanol–water partition coefficient (Wildman–Crippen LogP) is 3.40. The van der Waals surface area contributed by atoms with Crippen molar-refractivity contribution in [3.05, 3.63) is 77.7 Å². The summed E-state index contributed by atoms with van der Waals surface area (Å²) in [6.07, 6.45) is 3.51. The van der Waals surface area contributed by atoms with E-state index in [1.807, 2.05) is 72.5 Å². The van der Waals surface area contributed by atoms with Crippen LogP contribution in [0.4, 0.5) is 0 Å². The fourth-order valence-electron chi connectivity index (χ4n) is 3.29. The molecule has 1 aromatic heterocycles. The molecule has 1 fully saturated rings. The standard InChI is InChI=1S/C23H24N4O2/c1-18-7-10-20(11-8-18)23-24-21(29-25-23)17-26-13-15-27(16-14-26)22(28)12-9-19-5-3-2-4-6-19/h2-12H,13-17H2,1H3/b12-9+. The first-order valence-electron chi connectivity index (χ1n) is 9.81. The molecule has 2 aromatic carbocycles. The number of nitrogens with zero attached hydrogens (tertiary/aromatic N) is 4. The van der Waals surface area contributed by atoms with Gasteiger partial charge in [0.05, 0.1) is 6.54 Å². The molecule has 2 heterocycles. The third kappa shape index (κ3) is 4.97. The number of aromatic nitrogens is 2. The highest BCUT2D eigenvalue weighted by atomic mass is 16.5. The predicted molar refractivity (Wildman–Crippen MR) is 112 cm³/mol. The number of carbonyl (C=O) groups excluding carboxylic acids is 1. The van der Waals surface area contributed by atoms with E-state index in [0.29, 0.717) is 31.3 Å². The Kier molecular flexibility index (Phi) is 5.81. The van der Waals surface area contributed by atoms with Crippen LogP contribution in [0.25, 0.3) is 17.5 Å². The first-order chi connectivity index (χ1) is 14.2. The van der Waals surface area contributed by atoms with Crippen molar-refractivity contribution < 1.29 is 9.32 Å². The van der Waals surface area contributed by atoms with E-state index < -0.39 is 0 Å². The zero-order valence-corrected chi connectivity index (χ0v) is 16.5. The van der Waals surface area contributed by atoms with E-state index in [4.69, 9.17) is 4.52 Å². The SMILES string of the molecule is Cc1ccc(-c2noc(CN3CCN(C(=O)/C=C/c4ccccc4)CC3)n2)cc1.